The third kappa shape index (κ3) is 4.17. The molecule has 0 radical (unpaired) electrons. The Labute approximate surface area is 203 Å². The molecule has 3 aromatic carbocycles. The summed E-state index contributed by atoms with van der Waals surface area (Å²) < 4.78 is 18.8. The van der Waals surface area contributed by atoms with Crippen molar-refractivity contribution in [3.63, 3.8) is 0 Å². The minimum Gasteiger partial charge on any atom is -0.507 e. The monoisotopic (exact) mass is 505 g/mol. The predicted octanol–water partition coefficient (Wildman–Crippen LogP) is 6.42. The Balaban J connectivity index is 2.00. The van der Waals surface area contributed by atoms with Gasteiger partial charge in [0.15, 0.2) is 0 Å². The zero-order chi connectivity index (χ0) is 23.9. The van der Waals surface area contributed by atoms with Gasteiger partial charge in [-0.2, -0.15) is 0 Å². The first-order valence-corrected chi connectivity index (χ1v) is 10.7. The van der Waals surface area contributed by atoms with E-state index in [1.165, 1.54) is 48.4 Å². The molecule has 1 amide bonds. The van der Waals surface area contributed by atoms with Gasteiger partial charge in [0.1, 0.15) is 17.3 Å². The molecule has 3 aromatic rings. The number of halogens is 4. The van der Waals surface area contributed by atoms with Gasteiger partial charge in [0, 0.05) is 15.7 Å². The second-order valence-corrected chi connectivity index (χ2v) is 8.45. The van der Waals surface area contributed by atoms with Gasteiger partial charge in [-0.3, -0.25) is 14.5 Å². The minimum atomic E-state index is -1.03. The summed E-state index contributed by atoms with van der Waals surface area (Å²) in [6, 6.07) is 13.3. The standard InChI is InChI=1S/C24H15Cl3FNO4/c1-33-23-17(10-14(26)11-18(23)27)21(30)19-20(12-2-4-13(25)5-3-12)29(24(32)22(19)31)16-8-6-15(28)7-9-16/h2-11,20,30H,1H3/b21-19+. The van der Waals surface area contributed by atoms with E-state index in [0.717, 1.165) is 0 Å². The number of aliphatic hydroxyl groups is 1. The van der Waals surface area contributed by atoms with Gasteiger partial charge < -0.3 is 9.84 Å². The first-order chi connectivity index (χ1) is 15.7. The zero-order valence-electron chi connectivity index (χ0n) is 17.0. The van der Waals surface area contributed by atoms with Crippen molar-refractivity contribution >= 4 is 57.9 Å². The average molecular weight is 507 g/mol. The SMILES string of the molecule is COc1c(Cl)cc(Cl)cc1/C(O)=C1\C(=O)C(=O)N(c2ccc(F)cc2)C1c1ccc(Cl)cc1. The third-order valence-electron chi connectivity index (χ3n) is 5.20. The highest BCUT2D eigenvalue weighted by atomic mass is 35.5. The van der Waals surface area contributed by atoms with Crippen LogP contribution < -0.4 is 9.64 Å². The van der Waals surface area contributed by atoms with Gasteiger partial charge >= 0.3 is 0 Å². The summed E-state index contributed by atoms with van der Waals surface area (Å²) in [4.78, 5) is 27.5. The zero-order valence-corrected chi connectivity index (χ0v) is 19.2. The van der Waals surface area contributed by atoms with Gasteiger partial charge in [-0.15, -0.1) is 0 Å². The molecule has 1 N–H and O–H groups in total. The Hall–Kier alpha value is -3.06. The normalized spacial score (nSPS) is 17.5. The predicted molar refractivity (Wildman–Crippen MR) is 126 cm³/mol. The fourth-order valence-electron chi connectivity index (χ4n) is 3.75. The number of anilines is 1. The van der Waals surface area contributed by atoms with E-state index in [9.17, 15) is 19.1 Å². The van der Waals surface area contributed by atoms with Crippen LogP contribution in [0.25, 0.3) is 5.76 Å². The highest BCUT2D eigenvalue weighted by Crippen LogP contribution is 2.45. The summed E-state index contributed by atoms with van der Waals surface area (Å²) in [6.45, 7) is 0. The molecular weight excluding hydrogens is 492 g/mol. The van der Waals surface area contributed by atoms with Crippen molar-refractivity contribution in [3.8, 4) is 5.75 Å². The molecule has 1 aliphatic rings. The van der Waals surface area contributed by atoms with E-state index in [0.29, 0.717) is 10.6 Å². The largest absolute Gasteiger partial charge is 0.507 e. The van der Waals surface area contributed by atoms with Crippen molar-refractivity contribution in [2.24, 2.45) is 0 Å². The van der Waals surface area contributed by atoms with E-state index in [1.54, 1.807) is 24.3 Å². The lowest BCUT2D eigenvalue weighted by molar-refractivity contribution is -0.132. The van der Waals surface area contributed by atoms with Crippen molar-refractivity contribution in [1.82, 2.24) is 0 Å². The summed E-state index contributed by atoms with van der Waals surface area (Å²) >= 11 is 18.3. The van der Waals surface area contributed by atoms with Crippen molar-refractivity contribution in [2.75, 3.05) is 12.0 Å². The molecule has 168 valence electrons. The van der Waals surface area contributed by atoms with Crippen molar-refractivity contribution in [2.45, 2.75) is 6.04 Å². The Morgan fingerprint density at radius 2 is 1.61 bits per heavy atom. The molecule has 1 saturated heterocycles. The molecule has 0 saturated carbocycles. The number of amides is 1. The lowest BCUT2D eigenvalue weighted by atomic mass is 9.95. The van der Waals surface area contributed by atoms with Crippen LogP contribution in [0.15, 0.2) is 66.2 Å². The molecule has 33 heavy (non-hydrogen) atoms. The van der Waals surface area contributed by atoms with Crippen LogP contribution in [0.5, 0.6) is 5.75 Å². The Morgan fingerprint density at radius 1 is 0.970 bits per heavy atom. The van der Waals surface area contributed by atoms with Gasteiger partial charge in [0.2, 0.25) is 0 Å². The van der Waals surface area contributed by atoms with Gasteiger partial charge in [-0.1, -0.05) is 46.9 Å². The number of nitrogens with zero attached hydrogens (tertiary/aromatic N) is 1. The van der Waals surface area contributed by atoms with Crippen LogP contribution in [-0.2, 0) is 9.59 Å². The maximum atomic E-state index is 13.5. The third-order valence-corrected chi connectivity index (χ3v) is 5.95. The van der Waals surface area contributed by atoms with Gasteiger partial charge in [-0.05, 0) is 54.1 Å². The molecular formula is C24H15Cl3FNO4. The molecule has 0 spiro atoms. The fourth-order valence-corrected chi connectivity index (χ4v) is 4.45. The smallest absolute Gasteiger partial charge is 0.300 e. The lowest BCUT2D eigenvalue weighted by Crippen LogP contribution is -2.29. The maximum absolute atomic E-state index is 13.5. The Kier molecular flexibility index (Phi) is 6.34. The number of benzene rings is 3. The first kappa shape index (κ1) is 23.1. The van der Waals surface area contributed by atoms with Crippen LogP contribution in [0.3, 0.4) is 0 Å². The van der Waals surface area contributed by atoms with Gasteiger partial charge in [0.25, 0.3) is 11.7 Å². The second-order valence-electron chi connectivity index (χ2n) is 7.17. The highest BCUT2D eigenvalue weighted by Gasteiger charge is 2.47. The van der Waals surface area contributed by atoms with Crippen molar-refractivity contribution in [3.05, 3.63) is 98.2 Å². The van der Waals surface area contributed by atoms with Crippen LogP contribution in [0.4, 0.5) is 10.1 Å². The summed E-state index contributed by atoms with van der Waals surface area (Å²) in [6.07, 6.45) is 0. The Morgan fingerprint density at radius 3 is 2.21 bits per heavy atom. The second kappa shape index (κ2) is 9.06. The van der Waals surface area contributed by atoms with Crippen LogP contribution in [-0.4, -0.2) is 23.9 Å². The van der Waals surface area contributed by atoms with E-state index >= 15 is 0 Å². The number of Topliss-reactive ketones (excluding diaryl/α,β-unsaturated/α-hetero) is 1. The van der Waals surface area contributed by atoms with E-state index in [4.69, 9.17) is 39.5 Å². The number of carbonyl (C=O) groups is 2. The molecule has 1 heterocycles. The molecule has 0 bridgehead atoms. The first-order valence-electron chi connectivity index (χ1n) is 9.58. The fraction of sp³-hybridized carbons (Fsp3) is 0.0833. The highest BCUT2D eigenvalue weighted by molar-refractivity contribution is 6.52. The molecule has 1 fully saturated rings. The van der Waals surface area contributed by atoms with E-state index < -0.39 is 29.3 Å². The topological polar surface area (TPSA) is 66.8 Å². The summed E-state index contributed by atoms with van der Waals surface area (Å²) in [5.74, 6) is -2.76. The van der Waals surface area contributed by atoms with E-state index in [-0.39, 0.29) is 32.6 Å². The number of methoxy groups -OCH3 is 1. The number of carbonyl (C=O) groups excluding carboxylic acids is 2. The number of ketones is 1. The lowest BCUT2D eigenvalue weighted by Gasteiger charge is -2.25. The molecule has 1 atom stereocenters. The quantitative estimate of drug-likeness (QED) is 0.252. The average Bonchev–Trinajstić information content (AvgIpc) is 3.04. The van der Waals surface area contributed by atoms with Crippen molar-refractivity contribution in [1.29, 1.82) is 0 Å². The number of aliphatic hydroxyl groups excluding tert-OH is 1. The molecule has 0 aromatic heterocycles. The molecule has 4 rings (SSSR count). The van der Waals surface area contributed by atoms with Crippen LogP contribution >= 0.6 is 34.8 Å². The number of hydrogen-bond donors (Lipinski definition) is 1. The van der Waals surface area contributed by atoms with Crippen LogP contribution in [0, 0.1) is 5.82 Å². The van der Waals surface area contributed by atoms with Crippen molar-refractivity contribution < 1.29 is 23.8 Å². The molecule has 1 aliphatic heterocycles. The van der Waals surface area contributed by atoms with E-state index in [1.807, 2.05) is 0 Å². The molecule has 9 heteroatoms. The molecule has 1 unspecified atom stereocenters. The van der Waals surface area contributed by atoms with Crippen LogP contribution in [0.1, 0.15) is 17.2 Å². The molecule has 0 aliphatic carbocycles. The Bertz CT molecular complexity index is 1290. The summed E-state index contributed by atoms with van der Waals surface area (Å²) in [5.41, 5.74) is 0.611. The van der Waals surface area contributed by atoms with Crippen LogP contribution in [0.2, 0.25) is 15.1 Å². The minimum absolute atomic E-state index is 0.0473. The molecule has 5 nitrogen and oxygen atoms in total. The van der Waals surface area contributed by atoms with Gasteiger partial charge in [-0.25, -0.2) is 4.39 Å². The number of ether oxygens (including phenoxy) is 1. The number of hydrogen-bond acceptors (Lipinski definition) is 4. The maximum Gasteiger partial charge on any atom is 0.300 e. The van der Waals surface area contributed by atoms with Gasteiger partial charge in [0.05, 0.1) is 29.3 Å². The number of rotatable bonds is 4. The van der Waals surface area contributed by atoms with E-state index in [2.05, 4.69) is 0 Å². The summed E-state index contributed by atoms with van der Waals surface area (Å²) in [5, 5.41) is 12.0. The summed E-state index contributed by atoms with van der Waals surface area (Å²) in [7, 11) is 1.35.